The maximum atomic E-state index is 14.5. The minimum Gasteiger partial charge on any atom is -0.508 e. The van der Waals surface area contributed by atoms with Gasteiger partial charge in [-0.25, -0.2) is 13.8 Å². The van der Waals surface area contributed by atoms with Gasteiger partial charge < -0.3 is 14.6 Å². The fourth-order valence-electron chi connectivity index (χ4n) is 4.79. The number of nitriles is 1. The van der Waals surface area contributed by atoms with Crippen LogP contribution in [-0.4, -0.2) is 50.9 Å². The summed E-state index contributed by atoms with van der Waals surface area (Å²) in [5.41, 5.74) is -0.307. The van der Waals surface area contributed by atoms with E-state index in [1.165, 1.54) is 23.6 Å². The Morgan fingerprint density at radius 3 is 2.33 bits per heavy atom. The third-order valence-electron chi connectivity index (χ3n) is 6.51. The molecule has 1 fully saturated rings. The predicted molar refractivity (Wildman–Crippen MR) is 121 cm³/mol. The molecule has 4 rings (SSSR count). The van der Waals surface area contributed by atoms with E-state index in [0.29, 0.717) is 28.9 Å². The van der Waals surface area contributed by atoms with Gasteiger partial charge >= 0.3 is 6.18 Å². The van der Waals surface area contributed by atoms with Crippen LogP contribution < -0.4 is 10.5 Å². The number of hydrogen-bond acceptors (Lipinski definition) is 6. The van der Waals surface area contributed by atoms with E-state index in [1.54, 1.807) is 24.9 Å². The molecule has 12 heteroatoms. The van der Waals surface area contributed by atoms with Gasteiger partial charge in [-0.3, -0.25) is 9.69 Å². The molecule has 0 radical (unpaired) electrons. The van der Waals surface area contributed by atoms with E-state index in [0.717, 1.165) is 4.90 Å². The standard InChI is InChI=1S/C24H22F5N5O2/c1-12-11-34(23(24(27,28)29)21-16(25)6-15(35)7-17(21)26)13(2)10-33(12)19-8-20(36)32(3)18-5-4-14(9-30)31-22(18)19/h4-8,12-13,23,35H,10-11H2,1-3H3/t12-,13+,23?/m0/s1. The number of alkyl halides is 3. The molecule has 2 aromatic heterocycles. The number of aryl methyl sites for hydroxylation is 1. The number of pyridine rings is 2. The van der Waals surface area contributed by atoms with Gasteiger partial charge in [-0.05, 0) is 26.0 Å². The molecule has 1 saturated heterocycles. The zero-order chi connectivity index (χ0) is 26.5. The van der Waals surface area contributed by atoms with Crippen molar-refractivity contribution in [3.05, 3.63) is 63.6 Å². The molecule has 7 nitrogen and oxygen atoms in total. The average Bonchev–Trinajstić information content (AvgIpc) is 2.79. The van der Waals surface area contributed by atoms with Gasteiger partial charge in [0.15, 0.2) is 0 Å². The molecule has 3 aromatic rings. The molecule has 1 unspecified atom stereocenters. The number of aromatic hydroxyl groups is 1. The SMILES string of the molecule is C[C@@H]1CN(c2cc(=O)n(C)c3ccc(C#N)nc23)[C@@H](C)CN1C(c1c(F)cc(O)cc1F)C(F)(F)F. The number of anilines is 1. The van der Waals surface area contributed by atoms with Gasteiger partial charge in [0.05, 0.1) is 16.8 Å². The molecule has 3 heterocycles. The summed E-state index contributed by atoms with van der Waals surface area (Å²) < 4.78 is 73.1. The summed E-state index contributed by atoms with van der Waals surface area (Å²) in [4.78, 5) is 19.6. The van der Waals surface area contributed by atoms with Crippen LogP contribution in [0.2, 0.25) is 0 Å². The first-order chi connectivity index (χ1) is 16.8. The van der Waals surface area contributed by atoms with Crippen LogP contribution in [0.1, 0.15) is 31.1 Å². The molecule has 190 valence electrons. The number of benzene rings is 1. The van der Waals surface area contributed by atoms with E-state index in [9.17, 15) is 37.1 Å². The monoisotopic (exact) mass is 507 g/mol. The number of rotatable bonds is 3. The second-order valence-corrected chi connectivity index (χ2v) is 8.92. The highest BCUT2D eigenvalue weighted by molar-refractivity contribution is 5.89. The molecule has 1 aliphatic heterocycles. The van der Waals surface area contributed by atoms with E-state index in [4.69, 9.17) is 0 Å². The molecule has 0 spiro atoms. The van der Waals surface area contributed by atoms with Crippen molar-refractivity contribution < 1.29 is 27.1 Å². The molecule has 1 aromatic carbocycles. The first-order valence-electron chi connectivity index (χ1n) is 11.0. The molecule has 0 saturated carbocycles. The largest absolute Gasteiger partial charge is 0.508 e. The number of phenols is 1. The summed E-state index contributed by atoms with van der Waals surface area (Å²) in [6.07, 6.45) is -5.02. The Hall–Kier alpha value is -3.72. The fourth-order valence-corrected chi connectivity index (χ4v) is 4.79. The van der Waals surface area contributed by atoms with Crippen molar-refractivity contribution in [2.24, 2.45) is 7.05 Å². The number of phenolic OH excluding ortho intramolecular Hbond substituents is 1. The Balaban J connectivity index is 1.78. The van der Waals surface area contributed by atoms with Gasteiger partial charge in [0.1, 0.15) is 40.7 Å². The van der Waals surface area contributed by atoms with E-state index < -0.39 is 47.2 Å². The number of nitrogens with zero attached hydrogens (tertiary/aromatic N) is 5. The zero-order valence-electron chi connectivity index (χ0n) is 19.5. The lowest BCUT2D eigenvalue weighted by atomic mass is 9.97. The van der Waals surface area contributed by atoms with Gasteiger partial charge in [0.2, 0.25) is 0 Å². The Labute approximate surface area is 202 Å². The minimum absolute atomic E-state index is 0.0181. The Morgan fingerprint density at radius 2 is 1.75 bits per heavy atom. The molecule has 36 heavy (non-hydrogen) atoms. The number of hydrogen-bond donors (Lipinski definition) is 1. The molecule has 3 atom stereocenters. The third kappa shape index (κ3) is 4.35. The normalized spacial score (nSPS) is 19.9. The van der Waals surface area contributed by atoms with Gasteiger partial charge in [-0.15, -0.1) is 0 Å². The molecule has 1 N–H and O–H groups in total. The van der Waals surface area contributed by atoms with Crippen molar-refractivity contribution in [2.45, 2.75) is 38.1 Å². The van der Waals surface area contributed by atoms with Gasteiger partial charge in [-0.1, -0.05) is 0 Å². The second kappa shape index (κ2) is 9.05. The van der Waals surface area contributed by atoms with E-state index in [1.807, 2.05) is 6.07 Å². The van der Waals surface area contributed by atoms with Crippen LogP contribution in [0.25, 0.3) is 11.0 Å². The Morgan fingerprint density at radius 1 is 1.11 bits per heavy atom. The summed E-state index contributed by atoms with van der Waals surface area (Å²) in [6, 6.07) is 3.10. The quantitative estimate of drug-likeness (QED) is 0.540. The molecule has 0 amide bonds. The second-order valence-electron chi connectivity index (χ2n) is 8.92. The Kier molecular flexibility index (Phi) is 6.38. The summed E-state index contributed by atoms with van der Waals surface area (Å²) in [6.45, 7) is 2.86. The number of aromatic nitrogens is 2. The number of fused-ring (bicyclic) bond motifs is 1. The van der Waals surface area contributed by atoms with E-state index in [-0.39, 0.29) is 24.3 Å². The molecule has 0 bridgehead atoms. The lowest BCUT2D eigenvalue weighted by molar-refractivity contribution is -0.195. The van der Waals surface area contributed by atoms with Crippen LogP contribution >= 0.6 is 0 Å². The van der Waals surface area contributed by atoms with Crippen LogP contribution in [0.15, 0.2) is 35.1 Å². The first kappa shape index (κ1) is 25.4. The van der Waals surface area contributed by atoms with Gasteiger partial charge in [0, 0.05) is 50.4 Å². The van der Waals surface area contributed by atoms with Crippen molar-refractivity contribution in [1.82, 2.24) is 14.5 Å². The van der Waals surface area contributed by atoms with Crippen molar-refractivity contribution >= 4 is 16.7 Å². The highest BCUT2D eigenvalue weighted by Gasteiger charge is 2.50. The van der Waals surface area contributed by atoms with Crippen LogP contribution in [-0.2, 0) is 7.05 Å². The fraction of sp³-hybridized carbons (Fsp3) is 0.375. The minimum atomic E-state index is -5.02. The molecule has 0 aliphatic carbocycles. The molecular weight excluding hydrogens is 485 g/mol. The van der Waals surface area contributed by atoms with E-state index >= 15 is 0 Å². The maximum absolute atomic E-state index is 14.5. The smallest absolute Gasteiger partial charge is 0.408 e. The summed E-state index contributed by atoms with van der Waals surface area (Å²) in [5, 5.41) is 18.7. The summed E-state index contributed by atoms with van der Waals surface area (Å²) in [5.74, 6) is -3.81. The van der Waals surface area contributed by atoms with E-state index in [2.05, 4.69) is 4.98 Å². The van der Waals surface area contributed by atoms with Crippen LogP contribution in [0, 0.1) is 23.0 Å². The van der Waals surface area contributed by atoms with Crippen LogP contribution in [0.5, 0.6) is 5.75 Å². The predicted octanol–water partition coefficient (Wildman–Crippen LogP) is 3.99. The highest BCUT2D eigenvalue weighted by atomic mass is 19.4. The van der Waals surface area contributed by atoms with Crippen molar-refractivity contribution in [3.63, 3.8) is 0 Å². The zero-order valence-corrected chi connectivity index (χ0v) is 19.5. The molecular formula is C24H22F5N5O2. The lowest BCUT2D eigenvalue weighted by Gasteiger charge is -2.48. The van der Waals surface area contributed by atoms with Crippen LogP contribution in [0.4, 0.5) is 27.6 Å². The van der Waals surface area contributed by atoms with Gasteiger partial charge in [0.25, 0.3) is 5.56 Å². The topological polar surface area (TPSA) is 85.4 Å². The van der Waals surface area contributed by atoms with Crippen molar-refractivity contribution in [3.8, 4) is 11.8 Å². The van der Waals surface area contributed by atoms with Gasteiger partial charge in [-0.2, -0.15) is 18.4 Å². The first-order valence-corrected chi connectivity index (χ1v) is 11.0. The number of halogens is 5. The van der Waals surface area contributed by atoms with Crippen molar-refractivity contribution in [2.75, 3.05) is 18.0 Å². The third-order valence-corrected chi connectivity index (χ3v) is 6.51. The molecule has 1 aliphatic rings. The van der Waals surface area contributed by atoms with Crippen molar-refractivity contribution in [1.29, 1.82) is 5.26 Å². The highest BCUT2D eigenvalue weighted by Crippen LogP contribution is 2.43. The summed E-state index contributed by atoms with van der Waals surface area (Å²) in [7, 11) is 1.54. The lowest BCUT2D eigenvalue weighted by Crippen LogP contribution is -2.59. The maximum Gasteiger partial charge on any atom is 0.408 e. The number of piperazine rings is 1. The Bertz CT molecular complexity index is 1410. The van der Waals surface area contributed by atoms with Crippen LogP contribution in [0.3, 0.4) is 0 Å². The summed E-state index contributed by atoms with van der Waals surface area (Å²) >= 11 is 0. The average molecular weight is 507 g/mol.